The Morgan fingerprint density at radius 3 is 2.78 bits per heavy atom. The average molecular weight is 315 g/mol. The minimum Gasteiger partial charge on any atom is -0.478 e. The fourth-order valence-electron chi connectivity index (χ4n) is 2.79. The summed E-state index contributed by atoms with van der Waals surface area (Å²) in [5.41, 5.74) is 2.21. The van der Waals surface area contributed by atoms with E-state index < -0.39 is 5.97 Å². The van der Waals surface area contributed by atoms with Crippen LogP contribution in [0.1, 0.15) is 27.6 Å². The van der Waals surface area contributed by atoms with Gasteiger partial charge < -0.3 is 9.84 Å². The quantitative estimate of drug-likeness (QED) is 0.942. The van der Waals surface area contributed by atoms with Crippen LogP contribution < -0.4 is 0 Å². The molecule has 1 N–H and O–H groups in total. The number of carboxylic acid groups (broad SMARTS) is 1. The van der Waals surface area contributed by atoms with E-state index >= 15 is 0 Å². The highest BCUT2D eigenvalue weighted by Crippen LogP contribution is 2.23. The van der Waals surface area contributed by atoms with Crippen molar-refractivity contribution in [1.82, 2.24) is 4.90 Å². The summed E-state index contributed by atoms with van der Waals surface area (Å²) in [6, 6.07) is 13.3. The summed E-state index contributed by atoms with van der Waals surface area (Å²) in [4.78, 5) is 13.3. The molecule has 1 fully saturated rings. The molecule has 1 aliphatic heterocycles. The van der Waals surface area contributed by atoms with Gasteiger partial charge in [0.1, 0.15) is 5.82 Å². The standard InChI is InChI=1S/C18H18FNO3/c19-16-6-4-14(5-7-16)17-12-20(8-9-23-17)11-13-2-1-3-15(10-13)18(21)22/h1-7,10,17H,8-9,11-12H2,(H,21,22). The van der Waals surface area contributed by atoms with Crippen molar-refractivity contribution >= 4 is 5.97 Å². The van der Waals surface area contributed by atoms with E-state index in [9.17, 15) is 9.18 Å². The molecule has 3 rings (SSSR count). The highest BCUT2D eigenvalue weighted by Gasteiger charge is 2.22. The third-order valence-corrected chi connectivity index (χ3v) is 3.97. The second-order valence-corrected chi connectivity index (χ2v) is 5.65. The van der Waals surface area contributed by atoms with Gasteiger partial charge in [0, 0.05) is 19.6 Å². The van der Waals surface area contributed by atoms with Gasteiger partial charge in [-0.1, -0.05) is 24.3 Å². The van der Waals surface area contributed by atoms with E-state index in [1.165, 1.54) is 12.1 Å². The van der Waals surface area contributed by atoms with E-state index in [-0.39, 0.29) is 11.9 Å². The molecule has 1 heterocycles. The van der Waals surface area contributed by atoms with Gasteiger partial charge in [-0.2, -0.15) is 0 Å². The van der Waals surface area contributed by atoms with Crippen molar-refractivity contribution in [2.45, 2.75) is 12.6 Å². The molecule has 0 spiro atoms. The van der Waals surface area contributed by atoms with E-state index in [2.05, 4.69) is 4.90 Å². The van der Waals surface area contributed by atoms with E-state index in [0.717, 1.165) is 17.7 Å². The topological polar surface area (TPSA) is 49.8 Å². The Balaban J connectivity index is 1.68. The predicted molar refractivity (Wildman–Crippen MR) is 83.8 cm³/mol. The SMILES string of the molecule is O=C(O)c1cccc(CN2CCOC(c3ccc(F)cc3)C2)c1. The molecule has 2 aromatic carbocycles. The Hall–Kier alpha value is -2.24. The maximum Gasteiger partial charge on any atom is 0.335 e. The van der Waals surface area contributed by atoms with Crippen LogP contribution in [0.3, 0.4) is 0 Å². The van der Waals surface area contributed by atoms with Gasteiger partial charge >= 0.3 is 5.97 Å². The number of hydrogen-bond acceptors (Lipinski definition) is 3. The first kappa shape index (κ1) is 15.6. The van der Waals surface area contributed by atoms with Crippen LogP contribution in [-0.4, -0.2) is 35.7 Å². The lowest BCUT2D eigenvalue weighted by Gasteiger charge is -2.33. The Morgan fingerprint density at radius 1 is 1.26 bits per heavy atom. The zero-order valence-corrected chi connectivity index (χ0v) is 12.6. The first-order valence-electron chi connectivity index (χ1n) is 7.53. The smallest absolute Gasteiger partial charge is 0.335 e. The van der Waals surface area contributed by atoms with Crippen molar-refractivity contribution in [3.05, 3.63) is 71.0 Å². The summed E-state index contributed by atoms with van der Waals surface area (Å²) in [6.07, 6.45) is -0.0907. The second-order valence-electron chi connectivity index (χ2n) is 5.65. The van der Waals surface area contributed by atoms with Crippen LogP contribution in [0.25, 0.3) is 0 Å². The molecule has 23 heavy (non-hydrogen) atoms. The van der Waals surface area contributed by atoms with Crippen molar-refractivity contribution in [2.75, 3.05) is 19.7 Å². The third-order valence-electron chi connectivity index (χ3n) is 3.97. The Bertz CT molecular complexity index is 687. The van der Waals surface area contributed by atoms with Gasteiger partial charge in [-0.25, -0.2) is 9.18 Å². The predicted octanol–water partition coefficient (Wildman–Crippen LogP) is 3.10. The average Bonchev–Trinajstić information content (AvgIpc) is 2.56. The lowest BCUT2D eigenvalue weighted by Crippen LogP contribution is -2.37. The Kier molecular flexibility index (Phi) is 4.69. The van der Waals surface area contributed by atoms with Crippen LogP contribution in [0.5, 0.6) is 0 Å². The van der Waals surface area contributed by atoms with Crippen molar-refractivity contribution in [1.29, 1.82) is 0 Å². The van der Waals surface area contributed by atoms with Crippen LogP contribution in [0.4, 0.5) is 4.39 Å². The largest absolute Gasteiger partial charge is 0.478 e. The molecular formula is C18H18FNO3. The second kappa shape index (κ2) is 6.89. The number of morpholine rings is 1. The fraction of sp³-hybridized carbons (Fsp3) is 0.278. The Labute approximate surface area is 134 Å². The van der Waals surface area contributed by atoms with Gasteiger partial charge in [0.25, 0.3) is 0 Å². The minimum atomic E-state index is -0.919. The van der Waals surface area contributed by atoms with Gasteiger partial charge in [-0.05, 0) is 35.4 Å². The molecule has 120 valence electrons. The van der Waals surface area contributed by atoms with Crippen molar-refractivity contribution in [2.24, 2.45) is 0 Å². The van der Waals surface area contributed by atoms with Gasteiger partial charge in [0.15, 0.2) is 0 Å². The summed E-state index contributed by atoms with van der Waals surface area (Å²) in [7, 11) is 0. The maximum atomic E-state index is 13.0. The van der Waals surface area contributed by atoms with E-state index in [4.69, 9.17) is 9.84 Å². The lowest BCUT2D eigenvalue weighted by atomic mass is 10.1. The molecule has 0 radical (unpaired) electrons. The van der Waals surface area contributed by atoms with E-state index in [1.807, 2.05) is 6.07 Å². The summed E-state index contributed by atoms with van der Waals surface area (Å²) < 4.78 is 18.8. The molecule has 0 saturated carbocycles. The molecule has 1 saturated heterocycles. The summed E-state index contributed by atoms with van der Waals surface area (Å²) in [6.45, 7) is 2.75. The van der Waals surface area contributed by atoms with Crippen LogP contribution in [-0.2, 0) is 11.3 Å². The number of aromatic carboxylic acids is 1. The number of hydrogen-bond donors (Lipinski definition) is 1. The first-order valence-corrected chi connectivity index (χ1v) is 7.53. The minimum absolute atomic E-state index is 0.0907. The van der Waals surface area contributed by atoms with Crippen LogP contribution >= 0.6 is 0 Å². The molecule has 0 aromatic heterocycles. The zero-order valence-electron chi connectivity index (χ0n) is 12.6. The molecule has 2 aromatic rings. The van der Waals surface area contributed by atoms with Crippen LogP contribution in [0.15, 0.2) is 48.5 Å². The van der Waals surface area contributed by atoms with Gasteiger partial charge in [-0.15, -0.1) is 0 Å². The van der Waals surface area contributed by atoms with Gasteiger partial charge in [0.05, 0.1) is 18.3 Å². The molecule has 0 bridgehead atoms. The van der Waals surface area contributed by atoms with Crippen LogP contribution in [0, 0.1) is 5.82 Å². The number of carbonyl (C=O) groups is 1. The number of nitrogens with zero attached hydrogens (tertiary/aromatic N) is 1. The molecule has 0 amide bonds. The number of ether oxygens (including phenoxy) is 1. The maximum absolute atomic E-state index is 13.0. The normalized spacial score (nSPS) is 18.7. The van der Waals surface area contributed by atoms with Crippen molar-refractivity contribution in [3.8, 4) is 0 Å². The fourth-order valence-corrected chi connectivity index (χ4v) is 2.79. The lowest BCUT2D eigenvalue weighted by molar-refractivity contribution is -0.0329. The molecule has 0 aliphatic carbocycles. The number of rotatable bonds is 4. The summed E-state index contributed by atoms with van der Waals surface area (Å²) >= 11 is 0. The van der Waals surface area contributed by atoms with E-state index in [1.54, 1.807) is 30.3 Å². The number of benzene rings is 2. The number of halogens is 1. The highest BCUT2D eigenvalue weighted by atomic mass is 19.1. The van der Waals surface area contributed by atoms with Gasteiger partial charge in [0.2, 0.25) is 0 Å². The van der Waals surface area contributed by atoms with Crippen LogP contribution in [0.2, 0.25) is 0 Å². The molecular weight excluding hydrogens is 297 g/mol. The Morgan fingerprint density at radius 2 is 2.04 bits per heavy atom. The monoisotopic (exact) mass is 315 g/mol. The van der Waals surface area contributed by atoms with Gasteiger partial charge in [-0.3, -0.25) is 4.90 Å². The third kappa shape index (κ3) is 3.94. The van der Waals surface area contributed by atoms with E-state index in [0.29, 0.717) is 25.3 Å². The number of carboxylic acids is 1. The first-order chi connectivity index (χ1) is 11.1. The molecule has 5 heteroatoms. The molecule has 1 aliphatic rings. The van der Waals surface area contributed by atoms with Crippen molar-refractivity contribution in [3.63, 3.8) is 0 Å². The zero-order chi connectivity index (χ0) is 16.2. The summed E-state index contributed by atoms with van der Waals surface area (Å²) in [5.74, 6) is -1.18. The molecule has 4 nitrogen and oxygen atoms in total. The summed E-state index contributed by atoms with van der Waals surface area (Å²) in [5, 5.41) is 9.06. The highest BCUT2D eigenvalue weighted by molar-refractivity contribution is 5.87. The van der Waals surface area contributed by atoms with Crippen molar-refractivity contribution < 1.29 is 19.0 Å². The molecule has 1 atom stereocenters. The molecule has 1 unspecified atom stereocenters.